The van der Waals surface area contributed by atoms with Crippen molar-refractivity contribution in [1.82, 2.24) is 0 Å². The molecule has 0 saturated heterocycles. The molecule has 0 fully saturated rings. The zero-order valence-corrected chi connectivity index (χ0v) is 16.8. The minimum atomic E-state index is -0.0981. The Morgan fingerprint density at radius 3 is 2.52 bits per heavy atom. The molecular formula is C21H15ClN2OS2. The number of carbonyl (C=O) groups excluding carboxylic acids is 1. The molecule has 0 N–H and O–H groups in total. The summed E-state index contributed by atoms with van der Waals surface area (Å²) in [7, 11) is 0. The second-order valence-corrected chi connectivity index (χ2v) is 8.83. The highest BCUT2D eigenvalue weighted by atomic mass is 35.5. The van der Waals surface area contributed by atoms with Crippen molar-refractivity contribution in [3.05, 3.63) is 82.2 Å². The van der Waals surface area contributed by atoms with E-state index in [1.54, 1.807) is 23.1 Å². The van der Waals surface area contributed by atoms with E-state index in [-0.39, 0.29) is 5.91 Å². The molecule has 1 aromatic heterocycles. The summed E-state index contributed by atoms with van der Waals surface area (Å²) in [5, 5.41) is 6.61. The van der Waals surface area contributed by atoms with Crippen LogP contribution < -0.4 is 5.01 Å². The molecule has 0 unspecified atom stereocenters. The molecule has 2 aromatic carbocycles. The maximum Gasteiger partial charge on any atom is 0.280 e. The van der Waals surface area contributed by atoms with Crippen LogP contribution in [0.2, 0.25) is 5.02 Å². The molecule has 3 nitrogen and oxygen atoms in total. The van der Waals surface area contributed by atoms with Crippen molar-refractivity contribution >= 4 is 58.1 Å². The molecule has 0 saturated carbocycles. The van der Waals surface area contributed by atoms with E-state index < -0.39 is 0 Å². The first-order chi connectivity index (χ1) is 13.1. The molecule has 3 aromatic rings. The van der Waals surface area contributed by atoms with Gasteiger partial charge >= 0.3 is 0 Å². The summed E-state index contributed by atoms with van der Waals surface area (Å²) in [5.41, 5.74) is 2.13. The van der Waals surface area contributed by atoms with Crippen LogP contribution in [0.1, 0.15) is 11.8 Å². The molecule has 134 valence electrons. The molecule has 27 heavy (non-hydrogen) atoms. The first-order valence-electron chi connectivity index (χ1n) is 8.30. The van der Waals surface area contributed by atoms with Crippen LogP contribution in [0.15, 0.2) is 86.5 Å². The van der Waals surface area contributed by atoms with Crippen LogP contribution in [0.4, 0.5) is 5.69 Å². The van der Waals surface area contributed by atoms with Gasteiger partial charge in [-0.15, -0.1) is 11.3 Å². The normalized spacial score (nSPS) is 15.5. The van der Waals surface area contributed by atoms with E-state index in [4.69, 9.17) is 11.6 Å². The van der Waals surface area contributed by atoms with Gasteiger partial charge in [-0.2, -0.15) is 10.1 Å². The Hall–Kier alpha value is -2.34. The quantitative estimate of drug-likeness (QED) is 0.469. The van der Waals surface area contributed by atoms with Gasteiger partial charge in [0.1, 0.15) is 0 Å². The van der Waals surface area contributed by atoms with Gasteiger partial charge in [-0.25, -0.2) is 0 Å². The van der Waals surface area contributed by atoms with Gasteiger partial charge in [-0.1, -0.05) is 41.6 Å². The Labute approximate surface area is 171 Å². The fraction of sp³-hybridized carbons (Fsp3) is 0.0476. The van der Waals surface area contributed by atoms with Crippen molar-refractivity contribution in [3.8, 4) is 0 Å². The summed E-state index contributed by atoms with van der Waals surface area (Å²) < 4.78 is 1.16. The van der Waals surface area contributed by atoms with Gasteiger partial charge < -0.3 is 0 Å². The molecule has 0 aliphatic carbocycles. The topological polar surface area (TPSA) is 32.7 Å². The van der Waals surface area contributed by atoms with Crippen LogP contribution in [-0.2, 0) is 4.79 Å². The second kappa shape index (κ2) is 7.72. The average molecular weight is 411 g/mol. The summed E-state index contributed by atoms with van der Waals surface area (Å²) in [5.74, 6) is -0.0981. The van der Waals surface area contributed by atoms with E-state index >= 15 is 0 Å². The Bertz CT molecular complexity index is 1040. The highest BCUT2D eigenvalue weighted by molar-refractivity contribution is 8.01. The summed E-state index contributed by atoms with van der Waals surface area (Å²) in [6, 6.07) is 21.3. The van der Waals surface area contributed by atoms with Gasteiger partial charge in [0.05, 0.1) is 21.2 Å². The number of hydrogen-bond donors (Lipinski definition) is 0. The van der Waals surface area contributed by atoms with Crippen LogP contribution in [0.3, 0.4) is 0 Å². The molecule has 2 heterocycles. The van der Waals surface area contributed by atoms with E-state index in [0.717, 1.165) is 30.4 Å². The molecule has 4 rings (SSSR count). The number of anilines is 1. The van der Waals surface area contributed by atoms with Crippen LogP contribution in [0, 0.1) is 0 Å². The summed E-state index contributed by atoms with van der Waals surface area (Å²) in [4.78, 5) is 14.9. The SMILES string of the molecule is CC1=NN(c2ccccc2)C(=O)/C1=C/c1ccc(Sc2ccc(Cl)cc2)s1. The monoisotopic (exact) mass is 410 g/mol. The highest BCUT2D eigenvalue weighted by Gasteiger charge is 2.28. The van der Waals surface area contributed by atoms with Crippen LogP contribution in [0.25, 0.3) is 6.08 Å². The van der Waals surface area contributed by atoms with E-state index in [9.17, 15) is 4.79 Å². The smallest absolute Gasteiger partial charge is 0.267 e. The lowest BCUT2D eigenvalue weighted by molar-refractivity contribution is -0.114. The molecular weight excluding hydrogens is 396 g/mol. The molecule has 6 heteroatoms. The van der Waals surface area contributed by atoms with E-state index in [0.29, 0.717) is 5.57 Å². The van der Waals surface area contributed by atoms with Gasteiger partial charge in [0.2, 0.25) is 0 Å². The lowest BCUT2D eigenvalue weighted by atomic mass is 10.1. The Morgan fingerprint density at radius 1 is 1.04 bits per heavy atom. The summed E-state index contributed by atoms with van der Waals surface area (Å²) in [6.07, 6.45) is 1.92. The van der Waals surface area contributed by atoms with E-state index in [1.165, 1.54) is 5.01 Å². The maximum absolute atomic E-state index is 12.8. The Kier molecular flexibility index (Phi) is 5.16. The fourth-order valence-electron chi connectivity index (χ4n) is 2.66. The number of benzene rings is 2. The lowest BCUT2D eigenvalue weighted by Crippen LogP contribution is -2.21. The predicted octanol–water partition coefficient (Wildman–Crippen LogP) is 6.36. The van der Waals surface area contributed by atoms with Crippen LogP contribution >= 0.6 is 34.7 Å². The highest BCUT2D eigenvalue weighted by Crippen LogP contribution is 2.35. The Balaban J connectivity index is 1.54. The summed E-state index contributed by atoms with van der Waals surface area (Å²) >= 11 is 9.26. The van der Waals surface area contributed by atoms with E-state index in [2.05, 4.69) is 11.2 Å². The van der Waals surface area contributed by atoms with Crippen molar-refractivity contribution in [3.63, 3.8) is 0 Å². The molecule has 0 bridgehead atoms. The number of halogens is 1. The van der Waals surface area contributed by atoms with Gasteiger partial charge in [0, 0.05) is 14.8 Å². The van der Waals surface area contributed by atoms with Crippen LogP contribution in [0.5, 0.6) is 0 Å². The third-order valence-electron chi connectivity index (χ3n) is 3.98. The number of hydrazone groups is 1. The molecule has 1 aliphatic heterocycles. The van der Waals surface area contributed by atoms with Crippen molar-refractivity contribution in [1.29, 1.82) is 0 Å². The number of hydrogen-bond acceptors (Lipinski definition) is 4. The number of thiophene rings is 1. The largest absolute Gasteiger partial charge is 0.280 e. The number of rotatable bonds is 4. The maximum atomic E-state index is 12.8. The summed E-state index contributed by atoms with van der Waals surface area (Å²) in [6.45, 7) is 1.86. The van der Waals surface area contributed by atoms with E-state index in [1.807, 2.05) is 73.7 Å². The van der Waals surface area contributed by atoms with Gasteiger partial charge in [0.25, 0.3) is 5.91 Å². The van der Waals surface area contributed by atoms with Crippen molar-refractivity contribution in [2.75, 3.05) is 5.01 Å². The predicted molar refractivity (Wildman–Crippen MR) is 115 cm³/mol. The number of nitrogens with zero attached hydrogens (tertiary/aromatic N) is 2. The molecule has 1 amide bonds. The van der Waals surface area contributed by atoms with Gasteiger partial charge in [0.15, 0.2) is 0 Å². The van der Waals surface area contributed by atoms with Crippen LogP contribution in [-0.4, -0.2) is 11.6 Å². The second-order valence-electron chi connectivity index (χ2n) is 5.91. The van der Waals surface area contributed by atoms with Gasteiger partial charge in [-0.3, -0.25) is 4.79 Å². The minimum absolute atomic E-state index is 0.0981. The first-order valence-corrected chi connectivity index (χ1v) is 10.3. The third kappa shape index (κ3) is 4.00. The molecule has 0 radical (unpaired) electrons. The molecule has 0 spiro atoms. The molecule has 0 atom stereocenters. The standard InChI is InChI=1S/C21H15ClN2OS2/c1-14-19(21(25)24(23-14)16-5-3-2-4-6-16)13-18-11-12-20(27-18)26-17-9-7-15(22)8-10-17/h2-13H,1H3/b19-13+. The zero-order chi connectivity index (χ0) is 18.8. The molecule has 1 aliphatic rings. The fourth-order valence-corrected chi connectivity index (χ4v) is 4.85. The number of para-hydroxylation sites is 1. The Morgan fingerprint density at radius 2 is 1.78 bits per heavy atom. The minimum Gasteiger partial charge on any atom is -0.267 e. The average Bonchev–Trinajstić information content (AvgIpc) is 3.24. The number of carbonyl (C=O) groups is 1. The van der Waals surface area contributed by atoms with Crippen molar-refractivity contribution in [2.45, 2.75) is 16.0 Å². The first kappa shape index (κ1) is 18.0. The van der Waals surface area contributed by atoms with Crippen molar-refractivity contribution in [2.24, 2.45) is 5.10 Å². The van der Waals surface area contributed by atoms with Crippen molar-refractivity contribution < 1.29 is 4.79 Å². The zero-order valence-electron chi connectivity index (χ0n) is 14.4. The van der Waals surface area contributed by atoms with Gasteiger partial charge in [-0.05, 0) is 61.5 Å². The third-order valence-corrected chi connectivity index (χ3v) is 6.41. The lowest BCUT2D eigenvalue weighted by Gasteiger charge is -2.10. The number of amides is 1.